The number of sulfone groups is 1. The van der Waals surface area contributed by atoms with Crippen LogP contribution in [0.5, 0.6) is 0 Å². The minimum atomic E-state index is -3.01. The number of rotatable bonds is 8. The lowest BCUT2D eigenvalue weighted by Crippen LogP contribution is -2.28. The van der Waals surface area contributed by atoms with E-state index in [-0.39, 0.29) is 17.2 Å². The number of nitrogens with one attached hydrogen (secondary N) is 1. The first-order chi connectivity index (χ1) is 9.69. The molecule has 0 aromatic heterocycles. The second-order valence-corrected chi connectivity index (χ2v) is 8.64. The third-order valence-electron chi connectivity index (χ3n) is 4.09. The van der Waals surface area contributed by atoms with Crippen LogP contribution < -0.4 is 5.32 Å². The molecule has 4 heteroatoms. The van der Waals surface area contributed by atoms with Crippen LogP contribution in [0.4, 0.5) is 0 Å². The van der Waals surface area contributed by atoms with Crippen molar-refractivity contribution in [1.82, 2.24) is 5.32 Å². The van der Waals surface area contributed by atoms with Crippen LogP contribution in [-0.4, -0.2) is 27.0 Å². The molecule has 0 spiro atoms. The molecule has 1 aromatic rings. The van der Waals surface area contributed by atoms with Gasteiger partial charge in [0.2, 0.25) is 0 Å². The van der Waals surface area contributed by atoms with Gasteiger partial charge in [-0.25, -0.2) is 8.42 Å². The average Bonchev–Trinajstić information content (AvgIpc) is 2.42. The van der Waals surface area contributed by atoms with E-state index in [2.05, 4.69) is 57.3 Å². The third-order valence-corrected chi connectivity index (χ3v) is 5.03. The van der Waals surface area contributed by atoms with Crippen molar-refractivity contribution >= 4 is 9.84 Å². The smallest absolute Gasteiger partial charge is 0.149 e. The predicted molar refractivity (Wildman–Crippen MR) is 90.5 cm³/mol. The first-order valence-corrected chi connectivity index (χ1v) is 9.77. The van der Waals surface area contributed by atoms with Crippen LogP contribution in [0.15, 0.2) is 24.3 Å². The van der Waals surface area contributed by atoms with Crippen LogP contribution in [0.2, 0.25) is 0 Å². The molecule has 1 atom stereocenters. The second-order valence-electron chi connectivity index (χ2n) is 6.46. The van der Waals surface area contributed by atoms with Crippen LogP contribution in [-0.2, 0) is 15.3 Å². The molecule has 120 valence electrons. The molecule has 0 heterocycles. The van der Waals surface area contributed by atoms with Gasteiger partial charge in [-0.05, 0) is 35.9 Å². The fraction of sp³-hybridized carbons (Fsp3) is 0.647. The van der Waals surface area contributed by atoms with Crippen molar-refractivity contribution in [3.05, 3.63) is 35.4 Å². The maximum absolute atomic E-state index is 11.6. The fourth-order valence-electron chi connectivity index (χ4n) is 2.27. The van der Waals surface area contributed by atoms with Crippen molar-refractivity contribution in [2.24, 2.45) is 0 Å². The summed E-state index contributed by atoms with van der Waals surface area (Å²) in [5.41, 5.74) is 2.49. The van der Waals surface area contributed by atoms with Gasteiger partial charge in [0.25, 0.3) is 0 Å². The highest BCUT2D eigenvalue weighted by Gasteiger charge is 2.20. The monoisotopic (exact) mass is 311 g/mol. The lowest BCUT2D eigenvalue weighted by atomic mass is 9.82. The lowest BCUT2D eigenvalue weighted by Gasteiger charge is -2.24. The largest absolute Gasteiger partial charge is 0.309 e. The summed E-state index contributed by atoms with van der Waals surface area (Å²) in [6.45, 7) is 9.54. The highest BCUT2D eigenvalue weighted by molar-refractivity contribution is 7.90. The van der Waals surface area contributed by atoms with E-state index in [1.807, 2.05) is 0 Å². The molecule has 0 fully saturated rings. The van der Waals surface area contributed by atoms with Gasteiger partial charge in [-0.3, -0.25) is 0 Å². The Hall–Kier alpha value is -0.870. The molecule has 1 unspecified atom stereocenters. The Kier molecular flexibility index (Phi) is 6.41. The Balaban J connectivity index is 2.98. The normalized spacial score (nSPS) is 14.1. The zero-order chi connectivity index (χ0) is 16.1. The number of hydrogen-bond donors (Lipinski definition) is 1. The molecular formula is C17H29NO2S. The summed E-state index contributed by atoms with van der Waals surface area (Å²) in [5.74, 6) is 0.142. The van der Waals surface area contributed by atoms with Gasteiger partial charge in [0.05, 0.1) is 5.75 Å². The predicted octanol–water partition coefficient (Wildman–Crippen LogP) is 3.46. The topological polar surface area (TPSA) is 46.2 Å². The Bertz CT molecular complexity index is 532. The van der Waals surface area contributed by atoms with Gasteiger partial charge in [0.15, 0.2) is 0 Å². The maximum atomic E-state index is 11.6. The van der Waals surface area contributed by atoms with Crippen LogP contribution >= 0.6 is 0 Å². The summed E-state index contributed by atoms with van der Waals surface area (Å²) in [5, 5.41) is 3.34. The van der Waals surface area contributed by atoms with Crippen molar-refractivity contribution in [2.75, 3.05) is 18.6 Å². The standard InChI is InChI=1S/C17H29NO2S/c1-6-12-18-16(13-21(5,19)20)14-8-10-15(11-9-14)17(3,4)7-2/h8-11,16,18H,6-7,12-13H2,1-5H3. The number of benzene rings is 1. The summed E-state index contributed by atoms with van der Waals surface area (Å²) >= 11 is 0. The van der Waals surface area contributed by atoms with E-state index in [0.29, 0.717) is 0 Å². The molecule has 0 radical (unpaired) electrons. The highest BCUT2D eigenvalue weighted by atomic mass is 32.2. The van der Waals surface area contributed by atoms with Gasteiger partial charge in [-0.1, -0.05) is 52.0 Å². The summed E-state index contributed by atoms with van der Waals surface area (Å²) in [7, 11) is -3.01. The zero-order valence-corrected chi connectivity index (χ0v) is 14.8. The van der Waals surface area contributed by atoms with E-state index < -0.39 is 9.84 Å². The molecule has 0 saturated heterocycles. The molecular weight excluding hydrogens is 282 g/mol. The van der Waals surface area contributed by atoms with Gasteiger partial charge < -0.3 is 5.32 Å². The van der Waals surface area contributed by atoms with Crippen LogP contribution in [0, 0.1) is 0 Å². The highest BCUT2D eigenvalue weighted by Crippen LogP contribution is 2.28. The van der Waals surface area contributed by atoms with E-state index in [4.69, 9.17) is 0 Å². The van der Waals surface area contributed by atoms with E-state index in [0.717, 1.165) is 24.9 Å². The molecule has 3 nitrogen and oxygen atoms in total. The Labute approximate surface area is 130 Å². The second kappa shape index (κ2) is 7.41. The summed E-state index contributed by atoms with van der Waals surface area (Å²) in [4.78, 5) is 0. The Morgan fingerprint density at radius 1 is 1.14 bits per heavy atom. The van der Waals surface area contributed by atoms with E-state index >= 15 is 0 Å². The Morgan fingerprint density at radius 2 is 1.71 bits per heavy atom. The lowest BCUT2D eigenvalue weighted by molar-refractivity contribution is 0.505. The molecule has 21 heavy (non-hydrogen) atoms. The van der Waals surface area contributed by atoms with Crippen LogP contribution in [0.1, 0.15) is 57.7 Å². The summed E-state index contributed by atoms with van der Waals surface area (Å²) in [6.07, 6.45) is 3.36. The Morgan fingerprint density at radius 3 is 2.14 bits per heavy atom. The van der Waals surface area contributed by atoms with Crippen LogP contribution in [0.25, 0.3) is 0 Å². The third kappa shape index (κ3) is 5.79. The first kappa shape index (κ1) is 18.2. The zero-order valence-electron chi connectivity index (χ0n) is 13.9. The van der Waals surface area contributed by atoms with Crippen molar-refractivity contribution in [3.63, 3.8) is 0 Å². The molecule has 0 aliphatic rings. The fourth-order valence-corrected chi connectivity index (χ4v) is 3.18. The SMILES string of the molecule is CCCNC(CS(C)(=O)=O)c1ccc(C(C)(C)CC)cc1. The van der Waals surface area contributed by atoms with Gasteiger partial charge in [-0.15, -0.1) is 0 Å². The molecule has 0 aliphatic heterocycles. The van der Waals surface area contributed by atoms with E-state index in [1.165, 1.54) is 11.8 Å². The van der Waals surface area contributed by atoms with Crippen LogP contribution in [0.3, 0.4) is 0 Å². The van der Waals surface area contributed by atoms with Gasteiger partial charge in [0.1, 0.15) is 9.84 Å². The van der Waals surface area contributed by atoms with E-state index in [1.54, 1.807) is 0 Å². The summed E-state index contributed by atoms with van der Waals surface area (Å²) in [6, 6.07) is 8.25. The minimum absolute atomic E-state index is 0.126. The van der Waals surface area contributed by atoms with Crippen molar-refractivity contribution < 1.29 is 8.42 Å². The summed E-state index contributed by atoms with van der Waals surface area (Å²) < 4.78 is 23.2. The molecule has 1 N–H and O–H groups in total. The van der Waals surface area contributed by atoms with Gasteiger partial charge in [0, 0.05) is 12.3 Å². The van der Waals surface area contributed by atoms with Crippen molar-refractivity contribution in [1.29, 1.82) is 0 Å². The minimum Gasteiger partial charge on any atom is -0.309 e. The van der Waals surface area contributed by atoms with Crippen molar-refractivity contribution in [2.45, 2.75) is 52.0 Å². The maximum Gasteiger partial charge on any atom is 0.149 e. The van der Waals surface area contributed by atoms with Gasteiger partial charge >= 0.3 is 0 Å². The van der Waals surface area contributed by atoms with Crippen molar-refractivity contribution in [3.8, 4) is 0 Å². The molecule has 0 aliphatic carbocycles. The molecule has 0 amide bonds. The molecule has 1 aromatic carbocycles. The van der Waals surface area contributed by atoms with E-state index in [9.17, 15) is 8.42 Å². The van der Waals surface area contributed by atoms with Gasteiger partial charge in [-0.2, -0.15) is 0 Å². The molecule has 0 saturated carbocycles. The average molecular weight is 311 g/mol. The molecule has 1 rings (SSSR count). The first-order valence-electron chi connectivity index (χ1n) is 7.71. The number of hydrogen-bond acceptors (Lipinski definition) is 3. The quantitative estimate of drug-likeness (QED) is 0.800. The molecule has 0 bridgehead atoms.